The fourth-order valence-electron chi connectivity index (χ4n) is 3.16. The monoisotopic (exact) mass is 434 g/mol. The zero-order valence-electron chi connectivity index (χ0n) is 17.2. The maximum absolute atomic E-state index is 13.0. The van der Waals surface area contributed by atoms with Crippen LogP contribution in [0.3, 0.4) is 0 Å². The van der Waals surface area contributed by atoms with E-state index in [1.54, 1.807) is 12.1 Å². The minimum absolute atomic E-state index is 0. The molecule has 0 spiro atoms. The van der Waals surface area contributed by atoms with Crippen molar-refractivity contribution < 1.29 is 58.0 Å². The van der Waals surface area contributed by atoms with Crippen LogP contribution in [-0.4, -0.2) is 10.9 Å². The average Bonchev–Trinajstić information content (AvgIpc) is 2.62. The Morgan fingerprint density at radius 1 is 0.900 bits per heavy atom. The van der Waals surface area contributed by atoms with Crippen LogP contribution < -0.4 is 43.5 Å². The number of hydrogen-bond donors (Lipinski definition) is 1. The second-order valence-corrected chi connectivity index (χ2v) is 8.01. The number of ketones is 1. The van der Waals surface area contributed by atoms with Gasteiger partial charge in [-0.25, -0.2) is 4.57 Å². The largest absolute Gasteiger partial charge is 1.00 e. The molecular weight excluding hydrogens is 414 g/mol. The van der Waals surface area contributed by atoms with Crippen molar-refractivity contribution in [1.29, 1.82) is 0 Å². The van der Waals surface area contributed by atoms with Gasteiger partial charge in [-0.3, -0.25) is 4.79 Å². The first-order valence-corrected chi connectivity index (χ1v) is 10.3. The van der Waals surface area contributed by atoms with E-state index in [4.69, 9.17) is 9.05 Å². The summed E-state index contributed by atoms with van der Waals surface area (Å²) in [5.74, 6) is -0.271. The zero-order valence-corrected chi connectivity index (χ0v) is 20.1. The number of phenols is 1. The molecule has 0 saturated heterocycles. The maximum Gasteiger partial charge on any atom is 1.00 e. The van der Waals surface area contributed by atoms with E-state index in [0.717, 1.165) is 16.7 Å². The van der Waals surface area contributed by atoms with Crippen molar-refractivity contribution in [2.75, 3.05) is 0 Å². The Balaban J connectivity index is 0.00000320. The van der Waals surface area contributed by atoms with Crippen LogP contribution in [-0.2, 0) is 4.57 Å². The molecule has 0 aliphatic carbocycles. The van der Waals surface area contributed by atoms with Crippen LogP contribution in [0.2, 0.25) is 0 Å². The fourth-order valence-corrected chi connectivity index (χ4v) is 3.95. The molecule has 0 heterocycles. The Labute approximate surface area is 197 Å². The van der Waals surface area contributed by atoms with E-state index in [1.165, 1.54) is 36.4 Å². The van der Waals surface area contributed by atoms with E-state index >= 15 is 0 Å². The van der Waals surface area contributed by atoms with Crippen LogP contribution >= 0.6 is 7.82 Å². The van der Waals surface area contributed by atoms with Gasteiger partial charge in [0.2, 0.25) is 0 Å². The molecule has 150 valence electrons. The Hall–Kier alpha value is -2.08. The topological polar surface area (TPSA) is 95.9 Å². The van der Waals surface area contributed by atoms with Crippen molar-refractivity contribution in [2.45, 2.75) is 20.8 Å². The molecule has 0 aliphatic heterocycles. The normalized spacial score (nSPS) is 12.4. The number of phosphoric acid groups is 1. The standard InChI is InChI=1S/C22H21O6P.Na/c1-14-11-15(2)21(16(3)12-14)22(24)17-5-4-6-20(13-17)28-29(25,26)27-19-9-7-18(23)8-10-19;/h4-13,23H,1-3H3,(H,25,26);/q;+1/p-1. The van der Waals surface area contributed by atoms with Gasteiger partial charge in [0.15, 0.2) is 5.78 Å². The van der Waals surface area contributed by atoms with Gasteiger partial charge in [0.1, 0.15) is 17.2 Å². The van der Waals surface area contributed by atoms with Gasteiger partial charge >= 0.3 is 37.4 Å². The maximum atomic E-state index is 13.0. The summed E-state index contributed by atoms with van der Waals surface area (Å²) in [4.78, 5) is 25.2. The summed E-state index contributed by atoms with van der Waals surface area (Å²) in [6.45, 7) is 5.69. The number of carbonyl (C=O) groups is 1. The molecule has 6 nitrogen and oxygen atoms in total. The molecule has 8 heteroatoms. The molecular formula is C22H20NaO6P. The van der Waals surface area contributed by atoms with Crippen molar-refractivity contribution in [2.24, 2.45) is 0 Å². The molecule has 0 aliphatic rings. The van der Waals surface area contributed by atoms with Gasteiger partial charge in [-0.15, -0.1) is 0 Å². The Bertz CT molecular complexity index is 1090. The van der Waals surface area contributed by atoms with Crippen molar-refractivity contribution in [1.82, 2.24) is 0 Å². The third kappa shape index (κ3) is 5.97. The van der Waals surface area contributed by atoms with Crippen LogP contribution in [0.25, 0.3) is 0 Å². The van der Waals surface area contributed by atoms with Gasteiger partial charge in [0, 0.05) is 11.1 Å². The fraction of sp³-hybridized carbons (Fsp3) is 0.136. The van der Waals surface area contributed by atoms with Crippen molar-refractivity contribution in [3.63, 3.8) is 0 Å². The summed E-state index contributed by atoms with van der Waals surface area (Å²) in [5, 5.41) is 9.25. The Morgan fingerprint density at radius 3 is 2.07 bits per heavy atom. The van der Waals surface area contributed by atoms with Crippen LogP contribution in [0.4, 0.5) is 0 Å². The number of aryl methyl sites for hydroxylation is 3. The van der Waals surface area contributed by atoms with Gasteiger partial charge in [-0.2, -0.15) is 0 Å². The van der Waals surface area contributed by atoms with E-state index in [1.807, 2.05) is 32.9 Å². The molecule has 0 saturated carbocycles. The molecule has 0 bridgehead atoms. The van der Waals surface area contributed by atoms with Crippen LogP contribution in [0.15, 0.2) is 60.7 Å². The van der Waals surface area contributed by atoms with Gasteiger partial charge in [-0.1, -0.05) is 29.8 Å². The number of carbonyl (C=O) groups excluding carboxylic acids is 1. The van der Waals surface area contributed by atoms with E-state index in [-0.39, 0.29) is 52.6 Å². The van der Waals surface area contributed by atoms with Crippen molar-refractivity contribution >= 4 is 13.6 Å². The second-order valence-electron chi connectivity index (χ2n) is 6.75. The molecule has 30 heavy (non-hydrogen) atoms. The summed E-state index contributed by atoms with van der Waals surface area (Å²) in [7, 11) is -4.74. The first kappa shape index (κ1) is 24.2. The molecule has 1 atom stereocenters. The molecule has 3 aromatic carbocycles. The third-order valence-corrected chi connectivity index (χ3v) is 5.14. The number of phosphoric ester groups is 1. The van der Waals surface area contributed by atoms with E-state index in [0.29, 0.717) is 11.1 Å². The average molecular weight is 434 g/mol. The summed E-state index contributed by atoms with van der Waals surface area (Å²) in [6.07, 6.45) is 0. The Morgan fingerprint density at radius 2 is 1.47 bits per heavy atom. The summed E-state index contributed by atoms with van der Waals surface area (Å²) in [6, 6.07) is 15.0. The van der Waals surface area contributed by atoms with Crippen LogP contribution in [0, 0.1) is 20.8 Å². The zero-order chi connectivity index (χ0) is 21.2. The van der Waals surface area contributed by atoms with E-state index < -0.39 is 7.82 Å². The molecule has 1 N–H and O–H groups in total. The summed E-state index contributed by atoms with van der Waals surface area (Å²) < 4.78 is 22.1. The van der Waals surface area contributed by atoms with Gasteiger partial charge in [0.05, 0.1) is 0 Å². The molecule has 0 amide bonds. The Kier molecular flexibility index (Phi) is 7.92. The number of phenolic OH excluding ortho intramolecular Hbond substituents is 1. The third-order valence-electron chi connectivity index (χ3n) is 4.27. The molecule has 3 rings (SSSR count). The quantitative estimate of drug-likeness (QED) is 0.359. The second kappa shape index (κ2) is 9.82. The number of hydrogen-bond acceptors (Lipinski definition) is 6. The SMILES string of the molecule is Cc1cc(C)c(C(=O)c2cccc(OP(=O)([O-])Oc3ccc(O)cc3)c2)c(C)c1.[Na+]. The van der Waals surface area contributed by atoms with Crippen molar-refractivity contribution in [3.8, 4) is 17.2 Å². The molecule has 1 unspecified atom stereocenters. The number of aromatic hydroxyl groups is 1. The van der Waals surface area contributed by atoms with E-state index in [9.17, 15) is 19.4 Å². The van der Waals surface area contributed by atoms with Gasteiger partial charge in [-0.05, 0) is 68.3 Å². The van der Waals surface area contributed by atoms with Crippen LogP contribution in [0.1, 0.15) is 32.6 Å². The summed E-state index contributed by atoms with van der Waals surface area (Å²) >= 11 is 0. The first-order valence-electron chi connectivity index (χ1n) is 8.86. The minimum Gasteiger partial charge on any atom is -0.736 e. The smallest absolute Gasteiger partial charge is 0.736 e. The van der Waals surface area contributed by atoms with Crippen LogP contribution in [0.5, 0.6) is 17.2 Å². The number of benzene rings is 3. The minimum atomic E-state index is -4.74. The predicted octanol–water partition coefficient (Wildman–Crippen LogP) is 1.48. The first-order chi connectivity index (χ1) is 13.6. The number of rotatable bonds is 6. The molecule has 0 aromatic heterocycles. The van der Waals surface area contributed by atoms with E-state index in [2.05, 4.69) is 0 Å². The predicted molar refractivity (Wildman–Crippen MR) is 107 cm³/mol. The van der Waals surface area contributed by atoms with Crippen molar-refractivity contribution in [3.05, 3.63) is 88.5 Å². The van der Waals surface area contributed by atoms with Gasteiger partial charge in [0.25, 0.3) is 0 Å². The molecule has 0 fully saturated rings. The van der Waals surface area contributed by atoms with Gasteiger partial charge < -0.3 is 19.0 Å². The molecule has 3 aromatic rings. The summed E-state index contributed by atoms with van der Waals surface area (Å²) in [5.41, 5.74) is 3.65. The molecule has 0 radical (unpaired) electrons.